The number of carboxylic acids is 1. The van der Waals surface area contributed by atoms with Gasteiger partial charge in [-0.15, -0.1) is 0 Å². The van der Waals surface area contributed by atoms with Crippen molar-refractivity contribution in [3.63, 3.8) is 0 Å². The summed E-state index contributed by atoms with van der Waals surface area (Å²) in [5.41, 5.74) is 0. The summed E-state index contributed by atoms with van der Waals surface area (Å²) in [6.07, 6.45) is -1.46. The highest BCUT2D eigenvalue weighted by atomic mass is 16.4. The highest BCUT2D eigenvalue weighted by Crippen LogP contribution is 2.04. The predicted molar refractivity (Wildman–Crippen MR) is 99.4 cm³/mol. The Morgan fingerprint density at radius 2 is 1.07 bits per heavy atom. The summed E-state index contributed by atoms with van der Waals surface area (Å²) in [6.45, 7) is -0.0308. The Bertz CT molecular complexity index is 312. The zero-order valence-corrected chi connectivity index (χ0v) is 16.3. The van der Waals surface area contributed by atoms with E-state index in [0.717, 1.165) is 12.8 Å². The van der Waals surface area contributed by atoms with Crippen molar-refractivity contribution in [3.8, 4) is 0 Å². The number of unbranched alkanes of at least 4 members (excludes halogenated alkanes) is 4. The lowest BCUT2D eigenvalue weighted by Crippen LogP contribution is -2.46. The van der Waals surface area contributed by atoms with Crippen molar-refractivity contribution in [2.45, 2.75) is 76.0 Å². The molecule has 4 atom stereocenters. The van der Waals surface area contributed by atoms with Crippen LogP contribution < -0.4 is 0 Å². The summed E-state index contributed by atoms with van der Waals surface area (Å²) in [5, 5.41) is 84.5. The first-order chi connectivity index (χ1) is 13.1. The van der Waals surface area contributed by atoms with Crippen LogP contribution >= 0.6 is 0 Å². The topological polar surface area (TPSA) is 219 Å². The Kier molecular flexibility index (Phi) is 25.4. The number of aliphatic hydroxyl groups excluding tert-OH is 9. The number of aliphatic hydroxyl groups is 9. The maximum atomic E-state index is 10.0. The minimum Gasteiger partial charge on any atom is -0.481 e. The zero-order valence-electron chi connectivity index (χ0n) is 16.3. The molecule has 0 aromatic rings. The highest BCUT2D eigenvalue weighted by Gasteiger charge is 2.29. The van der Waals surface area contributed by atoms with Crippen LogP contribution in [0.15, 0.2) is 0 Å². The van der Waals surface area contributed by atoms with E-state index in [-0.39, 0.29) is 13.2 Å². The molecule has 0 aliphatic rings. The van der Waals surface area contributed by atoms with Gasteiger partial charge in [-0.05, 0) is 6.42 Å². The molecule has 0 saturated heterocycles. The first kappa shape index (κ1) is 31.8. The molecule has 0 spiro atoms. The number of rotatable bonds is 13. The van der Waals surface area contributed by atoms with Crippen LogP contribution in [-0.4, -0.2) is 114 Å². The van der Waals surface area contributed by atoms with Crippen molar-refractivity contribution >= 4 is 5.97 Å². The van der Waals surface area contributed by atoms with Crippen LogP contribution in [-0.2, 0) is 4.79 Å². The van der Waals surface area contributed by atoms with Gasteiger partial charge in [0, 0.05) is 6.42 Å². The minimum atomic E-state index is -1.67. The zero-order chi connectivity index (χ0) is 22.5. The molecule has 0 bridgehead atoms. The third-order valence-electron chi connectivity index (χ3n) is 3.43. The molecule has 11 heteroatoms. The lowest BCUT2D eigenvalue weighted by Gasteiger charge is -2.24. The van der Waals surface area contributed by atoms with E-state index in [0.29, 0.717) is 6.42 Å². The lowest BCUT2D eigenvalue weighted by atomic mass is 10.0. The minimum absolute atomic E-state index is 0.337. The lowest BCUT2D eigenvalue weighted by molar-refractivity contribution is -0.137. The maximum Gasteiger partial charge on any atom is 0.303 e. The van der Waals surface area contributed by atoms with Gasteiger partial charge in [-0.25, -0.2) is 0 Å². The molecule has 0 aliphatic carbocycles. The van der Waals surface area contributed by atoms with Crippen molar-refractivity contribution in [1.82, 2.24) is 0 Å². The average Bonchev–Trinajstić information content (AvgIpc) is 2.71. The number of hydrogen-bond acceptors (Lipinski definition) is 10. The molecule has 11 nitrogen and oxygen atoms in total. The van der Waals surface area contributed by atoms with E-state index in [4.69, 9.17) is 51.1 Å². The molecule has 10 N–H and O–H groups in total. The first-order valence-electron chi connectivity index (χ1n) is 9.18. The standard InChI is InChI=1S/C8H16O2.C6H14O6.C3H8O3/c1-2-3-4-5-6-7-8(9)10;7-1-3(9)5(11)6(12)4(10)2-8;4-1-3(6)2-5/h2-7H2,1H3,(H,9,10);3-12H,1-2H2;3-6H,1-2H2. The molecule has 28 heavy (non-hydrogen) atoms. The SMILES string of the molecule is CCCCCCCC(=O)O.OCC(O)C(O)C(O)C(O)CO.OCC(O)CO. The molecule has 0 amide bonds. The summed E-state index contributed by atoms with van der Waals surface area (Å²) in [6, 6.07) is 0. The van der Waals surface area contributed by atoms with Crippen LogP contribution in [0.4, 0.5) is 0 Å². The molecule has 0 fully saturated rings. The van der Waals surface area contributed by atoms with Gasteiger partial charge < -0.3 is 51.1 Å². The summed E-state index contributed by atoms with van der Waals surface area (Å²) < 4.78 is 0. The van der Waals surface area contributed by atoms with E-state index in [9.17, 15) is 4.79 Å². The molecule has 4 unspecified atom stereocenters. The second kappa shape index (κ2) is 22.4. The number of carboxylic acid groups (broad SMARTS) is 1. The van der Waals surface area contributed by atoms with E-state index in [1.54, 1.807) is 0 Å². The Hall–Kier alpha value is -0.890. The second-order valence-corrected chi connectivity index (χ2v) is 6.06. The molecular weight excluding hydrogens is 380 g/mol. The monoisotopic (exact) mass is 418 g/mol. The summed E-state index contributed by atoms with van der Waals surface area (Å²) in [5.74, 6) is -0.670. The fourth-order valence-electron chi connectivity index (χ4n) is 1.61. The van der Waals surface area contributed by atoms with Crippen molar-refractivity contribution < 1.29 is 55.9 Å². The normalized spacial score (nSPS) is 14.8. The molecule has 172 valence electrons. The van der Waals surface area contributed by atoms with Crippen molar-refractivity contribution in [1.29, 1.82) is 0 Å². The molecule has 0 heterocycles. The van der Waals surface area contributed by atoms with E-state index in [2.05, 4.69) is 6.92 Å². The van der Waals surface area contributed by atoms with Gasteiger partial charge in [-0.1, -0.05) is 32.6 Å². The van der Waals surface area contributed by atoms with Crippen LogP contribution in [0.1, 0.15) is 45.4 Å². The van der Waals surface area contributed by atoms with Crippen LogP contribution in [0.2, 0.25) is 0 Å². The van der Waals surface area contributed by atoms with Crippen LogP contribution in [0.5, 0.6) is 0 Å². The quantitative estimate of drug-likeness (QED) is 0.137. The second-order valence-electron chi connectivity index (χ2n) is 6.06. The van der Waals surface area contributed by atoms with Gasteiger partial charge in [0.15, 0.2) is 0 Å². The largest absolute Gasteiger partial charge is 0.481 e. The van der Waals surface area contributed by atoms with Crippen molar-refractivity contribution in [2.75, 3.05) is 26.4 Å². The number of hydrogen-bond donors (Lipinski definition) is 10. The first-order valence-corrected chi connectivity index (χ1v) is 9.18. The van der Waals surface area contributed by atoms with Gasteiger partial charge in [0.2, 0.25) is 0 Å². The smallest absolute Gasteiger partial charge is 0.303 e. The van der Waals surface area contributed by atoms with E-state index in [1.807, 2.05) is 0 Å². The number of carbonyl (C=O) groups is 1. The molecular formula is C17H38O11. The Labute approximate surface area is 165 Å². The van der Waals surface area contributed by atoms with E-state index >= 15 is 0 Å². The summed E-state index contributed by atoms with van der Waals surface area (Å²) >= 11 is 0. The Morgan fingerprint density at radius 3 is 1.32 bits per heavy atom. The van der Waals surface area contributed by atoms with Crippen LogP contribution in [0.25, 0.3) is 0 Å². The van der Waals surface area contributed by atoms with Gasteiger partial charge in [0.05, 0.1) is 26.4 Å². The molecule has 0 rings (SSSR count). The third kappa shape index (κ3) is 21.4. The maximum absolute atomic E-state index is 10.0. The molecule has 0 saturated carbocycles. The van der Waals surface area contributed by atoms with Gasteiger partial charge in [0.25, 0.3) is 0 Å². The van der Waals surface area contributed by atoms with Gasteiger partial charge in [0.1, 0.15) is 30.5 Å². The fourth-order valence-corrected chi connectivity index (χ4v) is 1.61. The van der Waals surface area contributed by atoms with Crippen LogP contribution in [0, 0.1) is 0 Å². The van der Waals surface area contributed by atoms with Gasteiger partial charge in [-0.2, -0.15) is 0 Å². The van der Waals surface area contributed by atoms with Crippen molar-refractivity contribution in [3.05, 3.63) is 0 Å². The Morgan fingerprint density at radius 1 is 0.679 bits per heavy atom. The van der Waals surface area contributed by atoms with Crippen molar-refractivity contribution in [2.24, 2.45) is 0 Å². The van der Waals surface area contributed by atoms with E-state index in [1.165, 1.54) is 19.3 Å². The highest BCUT2D eigenvalue weighted by molar-refractivity contribution is 5.66. The fraction of sp³-hybridized carbons (Fsp3) is 0.941. The molecule has 0 aromatic carbocycles. The van der Waals surface area contributed by atoms with Gasteiger partial charge in [-0.3, -0.25) is 4.79 Å². The third-order valence-corrected chi connectivity index (χ3v) is 3.43. The summed E-state index contributed by atoms with van der Waals surface area (Å²) in [7, 11) is 0. The molecule has 0 aromatic heterocycles. The number of aliphatic carboxylic acids is 1. The average molecular weight is 418 g/mol. The molecule has 0 radical (unpaired) electrons. The predicted octanol–water partition coefficient (Wildman–Crippen LogP) is -2.82. The van der Waals surface area contributed by atoms with E-state index < -0.39 is 49.7 Å². The summed E-state index contributed by atoms with van der Waals surface area (Å²) in [4.78, 5) is 10.0. The van der Waals surface area contributed by atoms with Gasteiger partial charge >= 0.3 is 5.97 Å². The molecule has 0 aliphatic heterocycles. The van der Waals surface area contributed by atoms with Crippen LogP contribution in [0.3, 0.4) is 0 Å². The Balaban J connectivity index is -0.000000354.